The van der Waals surface area contributed by atoms with Gasteiger partial charge in [0.05, 0.1) is 19.3 Å². The maximum atomic E-state index is 13.6. The number of sulfonamides is 1. The van der Waals surface area contributed by atoms with Crippen LogP contribution in [0, 0.1) is 5.82 Å². The molecule has 0 fully saturated rings. The van der Waals surface area contributed by atoms with E-state index < -0.39 is 15.8 Å². The Hall–Kier alpha value is -0.790. The summed E-state index contributed by atoms with van der Waals surface area (Å²) in [5.41, 5.74) is 0.359. The van der Waals surface area contributed by atoms with E-state index in [1.54, 1.807) is 6.07 Å². The summed E-state index contributed by atoms with van der Waals surface area (Å²) in [5.74, 6) is -0.152. The van der Waals surface area contributed by atoms with Crippen LogP contribution in [0.25, 0.3) is 0 Å². The predicted octanol–water partition coefficient (Wildman–Crippen LogP) is 2.34. The Bertz CT molecular complexity index is 599. The minimum absolute atomic E-state index is 0.246. The second-order valence-electron chi connectivity index (χ2n) is 3.99. The van der Waals surface area contributed by atoms with Gasteiger partial charge in [0.1, 0.15) is 5.82 Å². The Morgan fingerprint density at radius 1 is 1.53 bits per heavy atom. The van der Waals surface area contributed by atoms with Gasteiger partial charge in [0.15, 0.2) is 5.17 Å². The van der Waals surface area contributed by atoms with Gasteiger partial charge in [-0.05, 0) is 12.1 Å². The number of hydrogen-bond donors (Lipinski definition) is 0. The first kappa shape index (κ1) is 14.6. The van der Waals surface area contributed by atoms with E-state index in [2.05, 4.69) is 4.99 Å². The zero-order valence-corrected chi connectivity index (χ0v) is 12.5. The Morgan fingerprint density at radius 3 is 2.89 bits per heavy atom. The lowest BCUT2D eigenvalue weighted by Crippen LogP contribution is -2.31. The van der Waals surface area contributed by atoms with Gasteiger partial charge < -0.3 is 0 Å². The number of amidine groups is 1. The van der Waals surface area contributed by atoms with Crippen molar-refractivity contribution < 1.29 is 12.8 Å². The average molecular weight is 323 g/mol. The molecule has 4 nitrogen and oxygen atoms in total. The van der Waals surface area contributed by atoms with Crippen LogP contribution in [0.1, 0.15) is 5.56 Å². The molecule has 0 radical (unpaired) electrons. The standard InChI is InChI=1S/C11H12ClFN2O2S2/c1-19(16,17)15-6-5-14-11(15)18-7-8-9(12)3-2-4-10(8)13/h2-4H,5-7H2,1H3. The fourth-order valence-corrected chi connectivity index (χ4v) is 4.26. The number of thioether (sulfide) groups is 1. The highest BCUT2D eigenvalue weighted by Crippen LogP contribution is 2.27. The summed E-state index contributed by atoms with van der Waals surface area (Å²) in [6.45, 7) is 0.770. The maximum Gasteiger partial charge on any atom is 0.233 e. The summed E-state index contributed by atoms with van der Waals surface area (Å²) in [5, 5.41) is 0.721. The lowest BCUT2D eigenvalue weighted by molar-refractivity contribution is 0.547. The van der Waals surface area contributed by atoms with Crippen molar-refractivity contribution in [3.05, 3.63) is 34.6 Å². The number of rotatable bonds is 3. The third-order valence-corrected chi connectivity index (χ3v) is 5.24. The van der Waals surface area contributed by atoms with Crippen LogP contribution in [0.2, 0.25) is 5.02 Å². The molecule has 1 aliphatic heterocycles. The Labute approximate surface area is 120 Å². The molecule has 1 aromatic rings. The van der Waals surface area contributed by atoms with E-state index in [0.717, 1.165) is 6.26 Å². The van der Waals surface area contributed by atoms with Crippen LogP contribution in [-0.2, 0) is 15.8 Å². The van der Waals surface area contributed by atoms with Crippen molar-refractivity contribution in [3.8, 4) is 0 Å². The van der Waals surface area contributed by atoms with Gasteiger partial charge in [0, 0.05) is 16.3 Å². The molecule has 0 bridgehead atoms. The average Bonchev–Trinajstić information content (AvgIpc) is 2.76. The number of benzene rings is 1. The second-order valence-corrected chi connectivity index (χ2v) is 7.24. The first-order valence-electron chi connectivity index (χ1n) is 5.47. The van der Waals surface area contributed by atoms with Crippen molar-refractivity contribution >= 4 is 38.6 Å². The van der Waals surface area contributed by atoms with E-state index >= 15 is 0 Å². The van der Waals surface area contributed by atoms with Crippen LogP contribution >= 0.6 is 23.4 Å². The van der Waals surface area contributed by atoms with Gasteiger partial charge in [-0.1, -0.05) is 29.4 Å². The highest BCUT2D eigenvalue weighted by Gasteiger charge is 2.25. The summed E-state index contributed by atoms with van der Waals surface area (Å²) < 4.78 is 37.9. The van der Waals surface area contributed by atoms with Crippen LogP contribution in [0.4, 0.5) is 4.39 Å². The first-order valence-corrected chi connectivity index (χ1v) is 8.68. The highest BCUT2D eigenvalue weighted by molar-refractivity contribution is 8.14. The molecule has 1 aliphatic rings. The number of halogens is 2. The summed E-state index contributed by atoms with van der Waals surface area (Å²) >= 11 is 7.09. The van der Waals surface area contributed by atoms with Crippen molar-refractivity contribution in [1.29, 1.82) is 0 Å². The first-order chi connectivity index (χ1) is 8.89. The van der Waals surface area contributed by atoms with E-state index in [-0.39, 0.29) is 5.75 Å². The third-order valence-electron chi connectivity index (χ3n) is 2.57. The molecule has 0 atom stereocenters. The monoisotopic (exact) mass is 322 g/mol. The van der Waals surface area contributed by atoms with Crippen LogP contribution < -0.4 is 0 Å². The van der Waals surface area contributed by atoms with Gasteiger partial charge in [-0.15, -0.1) is 0 Å². The van der Waals surface area contributed by atoms with Crippen molar-refractivity contribution in [1.82, 2.24) is 4.31 Å². The smallest absolute Gasteiger partial charge is 0.233 e. The Kier molecular flexibility index (Phi) is 4.37. The molecular formula is C11H12ClFN2O2S2. The molecule has 0 aliphatic carbocycles. The van der Waals surface area contributed by atoms with Crippen molar-refractivity contribution in [3.63, 3.8) is 0 Å². The zero-order valence-electron chi connectivity index (χ0n) is 10.1. The molecule has 0 N–H and O–H groups in total. The van der Waals surface area contributed by atoms with Gasteiger partial charge in [-0.3, -0.25) is 4.99 Å². The van der Waals surface area contributed by atoms with Crippen LogP contribution in [0.5, 0.6) is 0 Å². The maximum absolute atomic E-state index is 13.6. The van der Waals surface area contributed by atoms with E-state index in [9.17, 15) is 12.8 Å². The topological polar surface area (TPSA) is 49.7 Å². The molecule has 1 heterocycles. The van der Waals surface area contributed by atoms with E-state index in [4.69, 9.17) is 11.6 Å². The molecule has 8 heteroatoms. The fraction of sp³-hybridized carbons (Fsp3) is 0.364. The van der Waals surface area contributed by atoms with Gasteiger partial charge in [0.25, 0.3) is 0 Å². The van der Waals surface area contributed by atoms with Crippen LogP contribution in [0.3, 0.4) is 0 Å². The molecule has 0 saturated heterocycles. The Morgan fingerprint density at radius 2 is 2.26 bits per heavy atom. The van der Waals surface area contributed by atoms with Crippen LogP contribution in [-0.4, -0.2) is 37.2 Å². The molecule has 0 unspecified atom stereocenters. The van der Waals surface area contributed by atoms with E-state index in [0.29, 0.717) is 28.8 Å². The Balaban J connectivity index is 2.11. The number of aliphatic imine (C=N–C) groups is 1. The van der Waals surface area contributed by atoms with Crippen molar-refractivity contribution in [2.45, 2.75) is 5.75 Å². The molecule has 0 saturated carbocycles. The van der Waals surface area contributed by atoms with Gasteiger partial charge in [-0.25, -0.2) is 17.1 Å². The molecular weight excluding hydrogens is 311 g/mol. The predicted molar refractivity (Wildman–Crippen MR) is 76.6 cm³/mol. The summed E-state index contributed by atoms with van der Waals surface area (Å²) in [6.07, 6.45) is 1.13. The normalized spacial score (nSPS) is 15.7. The molecule has 0 spiro atoms. The summed E-state index contributed by atoms with van der Waals surface area (Å²) in [6, 6.07) is 4.46. The lowest BCUT2D eigenvalue weighted by atomic mass is 10.2. The number of nitrogens with zero attached hydrogens (tertiary/aromatic N) is 2. The minimum Gasteiger partial charge on any atom is -0.260 e. The molecule has 0 aromatic heterocycles. The molecule has 2 rings (SSSR count). The van der Waals surface area contributed by atoms with E-state index in [1.165, 1.54) is 28.2 Å². The molecule has 0 amide bonds. The molecule has 19 heavy (non-hydrogen) atoms. The SMILES string of the molecule is CS(=O)(=O)N1CCN=C1SCc1c(F)cccc1Cl. The van der Waals surface area contributed by atoms with Gasteiger partial charge >= 0.3 is 0 Å². The largest absolute Gasteiger partial charge is 0.260 e. The summed E-state index contributed by atoms with van der Waals surface area (Å²) in [7, 11) is -3.32. The van der Waals surface area contributed by atoms with Crippen molar-refractivity contribution in [2.24, 2.45) is 4.99 Å². The lowest BCUT2D eigenvalue weighted by Gasteiger charge is -2.17. The quantitative estimate of drug-likeness (QED) is 0.858. The van der Waals surface area contributed by atoms with Crippen LogP contribution in [0.15, 0.2) is 23.2 Å². The van der Waals surface area contributed by atoms with Gasteiger partial charge in [0.2, 0.25) is 10.0 Å². The van der Waals surface area contributed by atoms with Gasteiger partial charge in [-0.2, -0.15) is 0 Å². The minimum atomic E-state index is -3.32. The fourth-order valence-electron chi connectivity index (χ4n) is 1.64. The second kappa shape index (κ2) is 5.68. The highest BCUT2D eigenvalue weighted by atomic mass is 35.5. The number of hydrogen-bond acceptors (Lipinski definition) is 4. The molecule has 1 aromatic carbocycles. The van der Waals surface area contributed by atoms with E-state index in [1.807, 2.05) is 0 Å². The zero-order chi connectivity index (χ0) is 14.0. The summed E-state index contributed by atoms with van der Waals surface area (Å²) in [4.78, 5) is 4.12. The van der Waals surface area contributed by atoms with Crippen molar-refractivity contribution in [2.75, 3.05) is 19.3 Å². The molecule has 104 valence electrons. The third kappa shape index (κ3) is 3.40.